The molecule has 0 saturated heterocycles. The maximum absolute atomic E-state index is 12.3. The van der Waals surface area contributed by atoms with Crippen LogP contribution in [0.4, 0.5) is 4.79 Å². The molecule has 0 fully saturated rings. The van der Waals surface area contributed by atoms with Crippen LogP contribution < -0.4 is 5.32 Å². The molecule has 0 aliphatic heterocycles. The highest BCUT2D eigenvalue weighted by Gasteiger charge is 2.26. The molecular weight excluding hydrogens is 421 g/mol. The molecule has 1 atom stereocenters. The van der Waals surface area contributed by atoms with Gasteiger partial charge in [0.1, 0.15) is 18.2 Å². The van der Waals surface area contributed by atoms with Gasteiger partial charge >= 0.3 is 12.1 Å². The second-order valence-electron chi connectivity index (χ2n) is 7.06. The van der Waals surface area contributed by atoms with E-state index in [9.17, 15) is 9.59 Å². The van der Waals surface area contributed by atoms with Gasteiger partial charge in [0.15, 0.2) is 0 Å². The summed E-state index contributed by atoms with van der Waals surface area (Å²) in [5, 5.41) is 2.61. The van der Waals surface area contributed by atoms with Crippen LogP contribution in [0.1, 0.15) is 46.6 Å². The van der Waals surface area contributed by atoms with Crippen LogP contribution >= 0.6 is 22.6 Å². The van der Waals surface area contributed by atoms with Gasteiger partial charge in [-0.05, 0) is 73.4 Å². The Morgan fingerprint density at radius 1 is 1.17 bits per heavy atom. The van der Waals surface area contributed by atoms with E-state index >= 15 is 0 Å². The lowest BCUT2D eigenvalue weighted by molar-refractivity contribution is -0.148. The Labute approximate surface area is 157 Å². The molecule has 5 nitrogen and oxygen atoms in total. The summed E-state index contributed by atoms with van der Waals surface area (Å²) in [6.45, 7) is 9.48. The summed E-state index contributed by atoms with van der Waals surface area (Å²) in [6, 6.07) is 7.01. The highest BCUT2D eigenvalue weighted by atomic mass is 127. The van der Waals surface area contributed by atoms with Crippen molar-refractivity contribution in [2.24, 2.45) is 5.92 Å². The van der Waals surface area contributed by atoms with Crippen LogP contribution in [0.3, 0.4) is 0 Å². The molecule has 0 radical (unpaired) electrons. The van der Waals surface area contributed by atoms with Gasteiger partial charge in [0.05, 0.1) is 0 Å². The monoisotopic (exact) mass is 447 g/mol. The van der Waals surface area contributed by atoms with E-state index in [1.54, 1.807) is 20.8 Å². The third-order valence-corrected chi connectivity index (χ3v) is 3.70. The van der Waals surface area contributed by atoms with Crippen molar-refractivity contribution in [2.45, 2.75) is 59.3 Å². The molecule has 0 aromatic heterocycles. The van der Waals surface area contributed by atoms with Gasteiger partial charge in [0.2, 0.25) is 0 Å². The molecule has 0 unspecified atom stereocenters. The predicted octanol–water partition coefficient (Wildman–Crippen LogP) is 4.27. The smallest absolute Gasteiger partial charge is 0.408 e. The van der Waals surface area contributed by atoms with E-state index in [0.29, 0.717) is 6.42 Å². The predicted molar refractivity (Wildman–Crippen MR) is 102 cm³/mol. The molecular formula is C18H26INO4. The fraction of sp³-hybridized carbons (Fsp3) is 0.556. The Morgan fingerprint density at radius 2 is 1.75 bits per heavy atom. The number of nitrogens with one attached hydrogen (secondary N) is 1. The van der Waals surface area contributed by atoms with Gasteiger partial charge in [-0.25, -0.2) is 9.59 Å². The van der Waals surface area contributed by atoms with Crippen molar-refractivity contribution in [3.63, 3.8) is 0 Å². The van der Waals surface area contributed by atoms with Crippen LogP contribution in [-0.2, 0) is 20.9 Å². The van der Waals surface area contributed by atoms with Crippen LogP contribution in [0.25, 0.3) is 0 Å². The summed E-state index contributed by atoms with van der Waals surface area (Å²) >= 11 is 2.22. The first-order valence-electron chi connectivity index (χ1n) is 7.97. The molecule has 1 N–H and O–H groups in total. The lowest BCUT2D eigenvalue weighted by Gasteiger charge is -2.23. The van der Waals surface area contributed by atoms with Gasteiger partial charge in [-0.3, -0.25) is 0 Å². The number of rotatable bonds is 6. The summed E-state index contributed by atoms with van der Waals surface area (Å²) in [5.41, 5.74) is 0.293. The molecule has 1 rings (SSSR count). The first-order chi connectivity index (χ1) is 11.1. The fourth-order valence-electron chi connectivity index (χ4n) is 1.97. The summed E-state index contributed by atoms with van der Waals surface area (Å²) in [7, 11) is 0. The molecule has 0 heterocycles. The lowest BCUT2D eigenvalue weighted by Crippen LogP contribution is -2.44. The second kappa shape index (κ2) is 9.25. The van der Waals surface area contributed by atoms with Crippen molar-refractivity contribution >= 4 is 34.7 Å². The van der Waals surface area contributed by atoms with Gasteiger partial charge in [0.25, 0.3) is 0 Å². The zero-order valence-corrected chi connectivity index (χ0v) is 17.0. The zero-order valence-electron chi connectivity index (χ0n) is 14.9. The number of hydrogen-bond acceptors (Lipinski definition) is 4. The number of benzene rings is 1. The number of alkyl carbamates (subject to hydrolysis) is 1. The Kier molecular flexibility index (Phi) is 7.99. The van der Waals surface area contributed by atoms with Gasteiger partial charge < -0.3 is 14.8 Å². The SMILES string of the molecule is CC(C)C[C@@H](NC(=O)OC(C)(C)C)C(=O)OCc1ccc(I)cc1. The third kappa shape index (κ3) is 8.52. The summed E-state index contributed by atoms with van der Waals surface area (Å²) < 4.78 is 11.7. The van der Waals surface area contributed by atoms with E-state index in [1.165, 1.54) is 0 Å². The standard InChI is InChI=1S/C18H26INO4/c1-12(2)10-15(20-17(22)24-18(3,4)5)16(21)23-11-13-6-8-14(19)9-7-13/h6-9,12,15H,10-11H2,1-5H3,(H,20,22)/t15-/m1/s1. The second-order valence-corrected chi connectivity index (χ2v) is 8.31. The van der Waals surface area contributed by atoms with Crippen molar-refractivity contribution < 1.29 is 19.1 Å². The van der Waals surface area contributed by atoms with Gasteiger partial charge in [-0.15, -0.1) is 0 Å². The number of carbonyl (C=O) groups excluding carboxylic acids is 2. The minimum atomic E-state index is -0.719. The summed E-state index contributed by atoms with van der Waals surface area (Å²) in [4.78, 5) is 24.3. The molecule has 0 aliphatic carbocycles. The largest absolute Gasteiger partial charge is 0.459 e. The lowest BCUT2D eigenvalue weighted by atomic mass is 10.0. The molecule has 0 saturated carbocycles. The van der Waals surface area contributed by atoms with Crippen LogP contribution in [-0.4, -0.2) is 23.7 Å². The van der Waals surface area contributed by atoms with Crippen molar-refractivity contribution in [1.82, 2.24) is 5.32 Å². The summed E-state index contributed by atoms with van der Waals surface area (Å²) in [5.74, 6) is -0.219. The average Bonchev–Trinajstić information content (AvgIpc) is 2.43. The number of hydrogen-bond donors (Lipinski definition) is 1. The first kappa shape index (κ1) is 20.7. The van der Waals surface area contributed by atoms with Crippen LogP contribution in [0, 0.1) is 9.49 Å². The highest BCUT2D eigenvalue weighted by Crippen LogP contribution is 2.12. The normalized spacial score (nSPS) is 12.6. The van der Waals surface area contributed by atoms with Crippen molar-refractivity contribution in [3.8, 4) is 0 Å². The Hall–Kier alpha value is -1.31. The van der Waals surface area contributed by atoms with Gasteiger partial charge in [0, 0.05) is 3.57 Å². The quantitative estimate of drug-likeness (QED) is 0.523. The number of amides is 1. The van der Waals surface area contributed by atoms with Crippen LogP contribution in [0.5, 0.6) is 0 Å². The minimum absolute atomic E-state index is 0.181. The highest BCUT2D eigenvalue weighted by molar-refractivity contribution is 14.1. The van der Waals surface area contributed by atoms with E-state index in [4.69, 9.17) is 9.47 Å². The van der Waals surface area contributed by atoms with Crippen LogP contribution in [0.2, 0.25) is 0 Å². The maximum atomic E-state index is 12.3. The molecule has 0 aliphatic rings. The molecule has 24 heavy (non-hydrogen) atoms. The Balaban J connectivity index is 2.63. The molecule has 6 heteroatoms. The van der Waals surface area contributed by atoms with E-state index in [-0.39, 0.29) is 12.5 Å². The molecule has 134 valence electrons. The van der Waals surface area contributed by atoms with E-state index in [0.717, 1.165) is 9.13 Å². The molecule has 1 aromatic carbocycles. The topological polar surface area (TPSA) is 64.6 Å². The molecule has 0 bridgehead atoms. The number of carbonyl (C=O) groups is 2. The van der Waals surface area contributed by atoms with E-state index in [1.807, 2.05) is 38.1 Å². The Morgan fingerprint density at radius 3 is 2.25 bits per heavy atom. The number of halogens is 1. The average molecular weight is 447 g/mol. The number of esters is 1. The molecule has 1 aromatic rings. The van der Waals surface area contributed by atoms with E-state index < -0.39 is 23.7 Å². The number of ether oxygens (including phenoxy) is 2. The van der Waals surface area contributed by atoms with Crippen LogP contribution in [0.15, 0.2) is 24.3 Å². The first-order valence-corrected chi connectivity index (χ1v) is 9.05. The van der Waals surface area contributed by atoms with Crippen molar-refractivity contribution in [2.75, 3.05) is 0 Å². The van der Waals surface area contributed by atoms with Crippen molar-refractivity contribution in [1.29, 1.82) is 0 Å². The minimum Gasteiger partial charge on any atom is -0.459 e. The van der Waals surface area contributed by atoms with Gasteiger partial charge in [-0.1, -0.05) is 26.0 Å². The van der Waals surface area contributed by atoms with Crippen molar-refractivity contribution in [3.05, 3.63) is 33.4 Å². The summed E-state index contributed by atoms with van der Waals surface area (Å²) in [6.07, 6.45) is -0.121. The molecule has 0 spiro atoms. The van der Waals surface area contributed by atoms with E-state index in [2.05, 4.69) is 27.9 Å². The zero-order chi connectivity index (χ0) is 18.3. The van der Waals surface area contributed by atoms with Gasteiger partial charge in [-0.2, -0.15) is 0 Å². The molecule has 1 amide bonds. The fourth-order valence-corrected chi connectivity index (χ4v) is 2.33. The Bertz CT molecular complexity index is 549. The third-order valence-electron chi connectivity index (χ3n) is 2.98. The maximum Gasteiger partial charge on any atom is 0.408 e.